The third-order valence-electron chi connectivity index (χ3n) is 6.34. The molecule has 0 saturated carbocycles. The summed E-state index contributed by atoms with van der Waals surface area (Å²) in [5, 5.41) is 3.04. The van der Waals surface area contributed by atoms with E-state index >= 15 is 0 Å². The maximum atomic E-state index is 12.0. The summed E-state index contributed by atoms with van der Waals surface area (Å²) in [4.78, 5) is 22.9. The predicted octanol–water partition coefficient (Wildman–Crippen LogP) is 4.87. The third-order valence-corrected chi connectivity index (χ3v) is 6.99. The molecule has 0 heterocycles. The number of rotatable bonds is 32. The van der Waals surface area contributed by atoms with Gasteiger partial charge in [0.25, 0.3) is 0 Å². The van der Waals surface area contributed by atoms with Crippen molar-refractivity contribution in [1.82, 2.24) is 5.32 Å². The molecule has 1 N–H and O–H groups in total. The number of unbranched alkanes of at least 4 members (excludes halogenated alkanes) is 12. The molecule has 40 heavy (non-hydrogen) atoms. The van der Waals surface area contributed by atoms with Crippen LogP contribution < -0.4 is 10.2 Å². The smallest absolute Gasteiger partial charge is 0.219 e. The monoisotopic (exact) mass is 596 g/mol. The molecule has 0 aliphatic heterocycles. The summed E-state index contributed by atoms with van der Waals surface area (Å²) in [7, 11) is -0.265. The Labute approximate surface area is 244 Å². The van der Waals surface area contributed by atoms with E-state index in [9.17, 15) is 14.3 Å². The van der Waals surface area contributed by atoms with Crippen molar-refractivity contribution in [2.45, 2.75) is 102 Å². The zero-order chi connectivity index (χ0) is 29.6. The molecule has 11 heteroatoms. The highest BCUT2D eigenvalue weighted by molar-refractivity contribution is 7.50. The van der Waals surface area contributed by atoms with Gasteiger partial charge in [-0.05, 0) is 25.7 Å². The second-order valence-corrected chi connectivity index (χ2v) is 12.1. The molecular formula is C29H59NO9P-. The number of hydrogen-bond acceptors (Lipinski definition) is 9. The Hall–Kier alpha value is -0.580. The maximum absolute atomic E-state index is 12.0. The van der Waals surface area contributed by atoms with Crippen LogP contribution in [-0.2, 0) is 37.6 Å². The van der Waals surface area contributed by atoms with E-state index in [1.807, 2.05) is 0 Å². The number of amides is 1. The average Bonchev–Trinajstić information content (AvgIpc) is 2.91. The molecule has 0 aromatic rings. The number of nitrogens with one attached hydrogen (secondary N) is 1. The van der Waals surface area contributed by atoms with Gasteiger partial charge in [0.1, 0.15) is 13.7 Å². The quantitative estimate of drug-likeness (QED) is 0.0856. The van der Waals surface area contributed by atoms with E-state index in [0.717, 1.165) is 71.0 Å². The van der Waals surface area contributed by atoms with Gasteiger partial charge in [0.15, 0.2) is 0 Å². The van der Waals surface area contributed by atoms with Crippen molar-refractivity contribution in [2.24, 2.45) is 0 Å². The van der Waals surface area contributed by atoms with Gasteiger partial charge in [-0.2, -0.15) is 0 Å². The van der Waals surface area contributed by atoms with Crippen LogP contribution >= 0.6 is 7.60 Å². The van der Waals surface area contributed by atoms with Crippen LogP contribution in [0.15, 0.2) is 0 Å². The zero-order valence-corrected chi connectivity index (χ0v) is 26.6. The third kappa shape index (κ3) is 31.9. The zero-order valence-electron chi connectivity index (χ0n) is 25.7. The minimum Gasteiger partial charge on any atom is -0.779 e. The summed E-state index contributed by atoms with van der Waals surface area (Å²) in [6.45, 7) is 5.98. The van der Waals surface area contributed by atoms with Crippen LogP contribution in [0.1, 0.15) is 96.3 Å². The average molecular weight is 597 g/mol. The largest absolute Gasteiger partial charge is 0.779 e. The van der Waals surface area contributed by atoms with E-state index in [0.29, 0.717) is 59.3 Å². The van der Waals surface area contributed by atoms with E-state index in [4.69, 9.17) is 28.2 Å². The van der Waals surface area contributed by atoms with E-state index in [1.54, 1.807) is 14.2 Å². The summed E-state index contributed by atoms with van der Waals surface area (Å²) in [5.41, 5.74) is 0. The Balaban J connectivity index is 3.45. The second kappa shape index (κ2) is 29.9. The van der Waals surface area contributed by atoms with Crippen molar-refractivity contribution >= 4 is 13.5 Å². The van der Waals surface area contributed by atoms with Crippen LogP contribution in [-0.4, -0.2) is 92.3 Å². The molecule has 2 atom stereocenters. The normalized spacial score (nSPS) is 13.8. The molecule has 2 unspecified atom stereocenters. The van der Waals surface area contributed by atoms with Gasteiger partial charge in [-0.3, -0.25) is 4.79 Å². The van der Waals surface area contributed by atoms with Crippen molar-refractivity contribution < 1.29 is 42.5 Å². The number of carbonyl (C=O) groups is 1. The first-order chi connectivity index (χ1) is 19.4. The molecule has 0 saturated heterocycles. The van der Waals surface area contributed by atoms with Crippen LogP contribution in [0, 0.1) is 0 Å². The highest BCUT2D eigenvalue weighted by Crippen LogP contribution is 2.31. The van der Waals surface area contributed by atoms with Gasteiger partial charge >= 0.3 is 0 Å². The molecule has 0 aliphatic carbocycles. The Morgan fingerprint density at radius 1 is 0.675 bits per heavy atom. The van der Waals surface area contributed by atoms with Crippen LogP contribution in [0.3, 0.4) is 0 Å². The SMILES string of the molecule is COCCOCC(COCCCCCCC(=O)NCCCCCCCCCCCCOP(C)(=O)[O-])OCCOC. The van der Waals surface area contributed by atoms with Crippen molar-refractivity contribution in [3.8, 4) is 0 Å². The van der Waals surface area contributed by atoms with E-state index < -0.39 is 7.60 Å². The van der Waals surface area contributed by atoms with Crippen LogP contribution in [0.4, 0.5) is 0 Å². The molecule has 240 valence electrons. The number of methoxy groups -OCH3 is 2. The van der Waals surface area contributed by atoms with Gasteiger partial charge in [-0.25, -0.2) is 0 Å². The first-order valence-corrected chi connectivity index (χ1v) is 17.3. The molecule has 0 bridgehead atoms. The highest BCUT2D eigenvalue weighted by Gasteiger charge is 2.10. The molecule has 0 spiro atoms. The predicted molar refractivity (Wildman–Crippen MR) is 157 cm³/mol. The minimum absolute atomic E-state index is 0.116. The Kier molecular flexibility index (Phi) is 29.5. The summed E-state index contributed by atoms with van der Waals surface area (Å²) in [5.74, 6) is 0.156. The molecule has 0 radical (unpaired) electrons. The van der Waals surface area contributed by atoms with Crippen molar-refractivity contribution in [3.05, 3.63) is 0 Å². The fourth-order valence-electron chi connectivity index (χ4n) is 4.05. The summed E-state index contributed by atoms with van der Waals surface area (Å²) >= 11 is 0. The fourth-order valence-corrected chi connectivity index (χ4v) is 4.51. The Morgan fingerprint density at radius 2 is 1.18 bits per heavy atom. The van der Waals surface area contributed by atoms with Crippen molar-refractivity contribution in [1.29, 1.82) is 0 Å². The molecule has 10 nitrogen and oxygen atoms in total. The second-order valence-electron chi connectivity index (χ2n) is 10.3. The molecular weight excluding hydrogens is 537 g/mol. The maximum Gasteiger partial charge on any atom is 0.219 e. The topological polar surface area (TPSA) is 125 Å². The van der Waals surface area contributed by atoms with Gasteiger partial charge < -0.3 is 43.0 Å². The lowest BCUT2D eigenvalue weighted by Gasteiger charge is -2.18. The lowest BCUT2D eigenvalue weighted by molar-refractivity contribution is -0.196. The Bertz CT molecular complexity index is 592. The first kappa shape index (κ1) is 39.4. The van der Waals surface area contributed by atoms with E-state index in [1.165, 1.54) is 32.1 Å². The number of ether oxygens (including phenoxy) is 5. The van der Waals surface area contributed by atoms with Crippen LogP contribution in [0.2, 0.25) is 0 Å². The van der Waals surface area contributed by atoms with E-state index in [-0.39, 0.29) is 12.0 Å². The molecule has 0 aromatic heterocycles. The summed E-state index contributed by atoms with van der Waals surface area (Å²) < 4.78 is 42.8. The molecule has 0 aromatic carbocycles. The first-order valence-electron chi connectivity index (χ1n) is 15.3. The lowest BCUT2D eigenvalue weighted by Crippen LogP contribution is -2.28. The summed E-state index contributed by atoms with van der Waals surface area (Å²) in [6.07, 6.45) is 15.7. The minimum atomic E-state index is -3.56. The van der Waals surface area contributed by atoms with E-state index in [2.05, 4.69) is 5.32 Å². The number of carbonyl (C=O) groups excluding carboxylic acids is 1. The van der Waals surface area contributed by atoms with Crippen molar-refractivity contribution in [2.75, 3.05) is 80.3 Å². The fraction of sp³-hybridized carbons (Fsp3) is 0.966. The molecule has 0 fully saturated rings. The van der Waals surface area contributed by atoms with Gasteiger partial charge in [-0.15, -0.1) is 0 Å². The van der Waals surface area contributed by atoms with Gasteiger partial charge in [0.2, 0.25) is 5.91 Å². The van der Waals surface area contributed by atoms with Crippen LogP contribution in [0.5, 0.6) is 0 Å². The van der Waals surface area contributed by atoms with Crippen LogP contribution in [0.25, 0.3) is 0 Å². The Morgan fingerprint density at radius 3 is 1.77 bits per heavy atom. The van der Waals surface area contributed by atoms with Gasteiger partial charge in [0, 0.05) is 40.5 Å². The van der Waals surface area contributed by atoms with Crippen molar-refractivity contribution in [3.63, 3.8) is 0 Å². The van der Waals surface area contributed by atoms with Gasteiger partial charge in [0.05, 0.1) is 46.2 Å². The number of hydrogen-bond donors (Lipinski definition) is 1. The standard InChI is InChI=1S/C29H60NO9P/c1-34-22-24-37-27-28(38-25-23-35-2)26-36-20-16-13-10-14-18-29(31)30-19-15-11-8-6-4-5-7-9-12-17-21-39-40(3,32)33/h28H,4-27H2,1-3H3,(H,30,31)(H,32,33)/p-1. The molecule has 0 aliphatic rings. The van der Waals surface area contributed by atoms with Gasteiger partial charge in [-0.1, -0.05) is 64.2 Å². The highest BCUT2D eigenvalue weighted by atomic mass is 31.2. The lowest BCUT2D eigenvalue weighted by atomic mass is 10.1. The molecule has 1 amide bonds. The molecule has 0 rings (SSSR count). The summed E-state index contributed by atoms with van der Waals surface area (Å²) in [6, 6.07) is 0.